The molecule has 2 aromatic rings. The van der Waals surface area contributed by atoms with Gasteiger partial charge in [-0.25, -0.2) is 5.43 Å². The van der Waals surface area contributed by atoms with E-state index in [2.05, 4.69) is 46.4 Å². The third-order valence-electron chi connectivity index (χ3n) is 3.80. The first-order valence-electron chi connectivity index (χ1n) is 8.75. The van der Waals surface area contributed by atoms with E-state index in [1.54, 1.807) is 24.5 Å². The van der Waals surface area contributed by atoms with Crippen molar-refractivity contribution in [3.8, 4) is 0 Å². The molecule has 0 saturated carbocycles. The summed E-state index contributed by atoms with van der Waals surface area (Å²) in [7, 11) is 0. The number of anilines is 1. The summed E-state index contributed by atoms with van der Waals surface area (Å²) >= 11 is 0. The zero-order valence-corrected chi connectivity index (χ0v) is 15.2. The predicted molar refractivity (Wildman–Crippen MR) is 103 cm³/mol. The second-order valence-corrected chi connectivity index (χ2v) is 5.97. The summed E-state index contributed by atoms with van der Waals surface area (Å²) in [4.78, 5) is 18.4. The van der Waals surface area contributed by atoms with Crippen molar-refractivity contribution in [2.75, 3.05) is 18.0 Å². The quantitative estimate of drug-likeness (QED) is 0.589. The molecule has 1 aromatic carbocycles. The van der Waals surface area contributed by atoms with Gasteiger partial charge in [0.05, 0.1) is 11.8 Å². The van der Waals surface area contributed by atoms with Gasteiger partial charge in [-0.1, -0.05) is 26.0 Å². The summed E-state index contributed by atoms with van der Waals surface area (Å²) in [5, 5.41) is 4.02. The van der Waals surface area contributed by atoms with Crippen molar-refractivity contribution in [3.05, 3.63) is 59.4 Å². The van der Waals surface area contributed by atoms with E-state index in [1.165, 1.54) is 5.69 Å². The van der Waals surface area contributed by atoms with Crippen molar-refractivity contribution >= 4 is 17.8 Å². The topological polar surface area (TPSA) is 57.6 Å². The van der Waals surface area contributed by atoms with Crippen LogP contribution in [0.1, 0.15) is 48.3 Å². The number of rotatable bonds is 8. The maximum absolute atomic E-state index is 12.0. The number of hydrogen-bond acceptors (Lipinski definition) is 4. The predicted octanol–water partition coefficient (Wildman–Crippen LogP) is 3.78. The number of amides is 1. The highest BCUT2D eigenvalue weighted by molar-refractivity contribution is 5.94. The number of carbonyl (C=O) groups excluding carboxylic acids is 1. The molecule has 0 saturated heterocycles. The minimum absolute atomic E-state index is 0.266. The second-order valence-electron chi connectivity index (χ2n) is 5.97. The first-order valence-corrected chi connectivity index (χ1v) is 8.75. The van der Waals surface area contributed by atoms with Crippen LogP contribution < -0.4 is 10.3 Å². The fourth-order valence-electron chi connectivity index (χ4n) is 2.51. The SMILES string of the molecule is CCCN(CCC)c1ccc(/C=N\NC(=O)c2ccc(C)nc2)cc1. The molecule has 2 rings (SSSR count). The van der Waals surface area contributed by atoms with Gasteiger partial charge < -0.3 is 4.90 Å². The largest absolute Gasteiger partial charge is 0.372 e. The Hall–Kier alpha value is -2.69. The Labute approximate surface area is 149 Å². The van der Waals surface area contributed by atoms with Crippen molar-refractivity contribution in [1.29, 1.82) is 0 Å². The van der Waals surface area contributed by atoms with Crippen molar-refractivity contribution in [1.82, 2.24) is 10.4 Å². The minimum atomic E-state index is -0.266. The summed E-state index contributed by atoms with van der Waals surface area (Å²) in [6.07, 6.45) is 5.45. The average molecular weight is 338 g/mol. The Kier molecular flexibility index (Phi) is 7.14. The number of hydrogen-bond donors (Lipinski definition) is 1. The second kappa shape index (κ2) is 9.57. The van der Waals surface area contributed by atoms with Crippen LogP contribution in [0.25, 0.3) is 0 Å². The molecule has 0 unspecified atom stereocenters. The number of nitrogens with zero attached hydrogens (tertiary/aromatic N) is 3. The van der Waals surface area contributed by atoms with Gasteiger partial charge in [0, 0.05) is 30.7 Å². The van der Waals surface area contributed by atoms with Crippen LogP contribution in [0.15, 0.2) is 47.7 Å². The van der Waals surface area contributed by atoms with Gasteiger partial charge in [-0.15, -0.1) is 0 Å². The molecule has 5 heteroatoms. The normalized spacial score (nSPS) is 10.8. The Bertz CT molecular complexity index is 687. The van der Waals surface area contributed by atoms with Gasteiger partial charge in [0.1, 0.15) is 0 Å². The first kappa shape index (κ1) is 18.6. The number of pyridine rings is 1. The highest BCUT2D eigenvalue weighted by atomic mass is 16.2. The Morgan fingerprint density at radius 3 is 2.36 bits per heavy atom. The van der Waals surface area contributed by atoms with Crippen LogP contribution in [0, 0.1) is 6.92 Å². The van der Waals surface area contributed by atoms with E-state index < -0.39 is 0 Å². The molecule has 0 spiro atoms. The van der Waals surface area contributed by atoms with Crippen LogP contribution in [-0.4, -0.2) is 30.2 Å². The van der Waals surface area contributed by atoms with Crippen molar-refractivity contribution in [3.63, 3.8) is 0 Å². The third-order valence-corrected chi connectivity index (χ3v) is 3.80. The number of benzene rings is 1. The highest BCUT2D eigenvalue weighted by Crippen LogP contribution is 2.15. The number of carbonyl (C=O) groups is 1. The van der Waals surface area contributed by atoms with E-state index in [0.717, 1.165) is 37.2 Å². The Morgan fingerprint density at radius 2 is 1.80 bits per heavy atom. The molecule has 0 aliphatic carbocycles. The van der Waals surface area contributed by atoms with E-state index >= 15 is 0 Å². The van der Waals surface area contributed by atoms with E-state index in [-0.39, 0.29) is 5.91 Å². The maximum atomic E-state index is 12.0. The molecule has 0 aliphatic rings. The molecular weight excluding hydrogens is 312 g/mol. The summed E-state index contributed by atoms with van der Waals surface area (Å²) in [5.74, 6) is -0.266. The van der Waals surface area contributed by atoms with Crippen LogP contribution in [0.4, 0.5) is 5.69 Å². The van der Waals surface area contributed by atoms with E-state index in [0.29, 0.717) is 5.56 Å². The lowest BCUT2D eigenvalue weighted by atomic mass is 10.2. The molecule has 1 N–H and O–H groups in total. The van der Waals surface area contributed by atoms with Crippen LogP contribution in [-0.2, 0) is 0 Å². The van der Waals surface area contributed by atoms with Crippen molar-refractivity contribution < 1.29 is 4.79 Å². The molecule has 132 valence electrons. The van der Waals surface area contributed by atoms with E-state index in [4.69, 9.17) is 0 Å². The number of nitrogens with one attached hydrogen (secondary N) is 1. The highest BCUT2D eigenvalue weighted by Gasteiger charge is 2.05. The number of hydrazone groups is 1. The molecule has 0 bridgehead atoms. The van der Waals surface area contributed by atoms with Crippen LogP contribution >= 0.6 is 0 Å². The lowest BCUT2D eigenvalue weighted by Gasteiger charge is -2.23. The van der Waals surface area contributed by atoms with Crippen LogP contribution in [0.2, 0.25) is 0 Å². The lowest BCUT2D eigenvalue weighted by molar-refractivity contribution is 0.0955. The molecular formula is C20H26N4O. The Balaban J connectivity index is 1.94. The van der Waals surface area contributed by atoms with Crippen LogP contribution in [0.3, 0.4) is 0 Å². The maximum Gasteiger partial charge on any atom is 0.272 e. The zero-order chi connectivity index (χ0) is 18.1. The van der Waals surface area contributed by atoms with Crippen molar-refractivity contribution in [2.24, 2.45) is 5.10 Å². The van der Waals surface area contributed by atoms with Crippen LogP contribution in [0.5, 0.6) is 0 Å². The fraction of sp³-hybridized carbons (Fsp3) is 0.350. The molecule has 0 radical (unpaired) electrons. The van der Waals surface area contributed by atoms with Gasteiger partial charge in [0.15, 0.2) is 0 Å². The molecule has 5 nitrogen and oxygen atoms in total. The smallest absolute Gasteiger partial charge is 0.272 e. The minimum Gasteiger partial charge on any atom is -0.372 e. The summed E-state index contributed by atoms with van der Waals surface area (Å²) in [6.45, 7) is 8.38. The van der Waals surface area contributed by atoms with Gasteiger partial charge in [-0.3, -0.25) is 9.78 Å². The molecule has 25 heavy (non-hydrogen) atoms. The summed E-state index contributed by atoms with van der Waals surface area (Å²) in [6, 6.07) is 11.7. The number of aromatic nitrogens is 1. The molecule has 1 heterocycles. The van der Waals surface area contributed by atoms with Gasteiger partial charge in [0.25, 0.3) is 5.91 Å². The van der Waals surface area contributed by atoms with E-state index in [1.807, 2.05) is 19.1 Å². The summed E-state index contributed by atoms with van der Waals surface area (Å²) in [5.41, 5.74) is 6.06. The third kappa shape index (κ3) is 5.71. The standard InChI is InChI=1S/C20H26N4O/c1-4-12-24(13-5-2)19-10-7-17(8-11-19)14-22-23-20(25)18-9-6-16(3)21-15-18/h6-11,14-15H,4-5,12-13H2,1-3H3,(H,23,25)/b22-14-. The fourth-order valence-corrected chi connectivity index (χ4v) is 2.51. The van der Waals surface area contributed by atoms with Gasteiger partial charge in [-0.2, -0.15) is 5.10 Å². The number of aryl methyl sites for hydroxylation is 1. The zero-order valence-electron chi connectivity index (χ0n) is 15.2. The van der Waals surface area contributed by atoms with Gasteiger partial charge >= 0.3 is 0 Å². The average Bonchev–Trinajstić information content (AvgIpc) is 2.62. The van der Waals surface area contributed by atoms with E-state index in [9.17, 15) is 4.79 Å². The summed E-state index contributed by atoms with van der Waals surface area (Å²) < 4.78 is 0. The molecule has 1 aromatic heterocycles. The molecule has 0 atom stereocenters. The van der Waals surface area contributed by atoms with Gasteiger partial charge in [-0.05, 0) is 49.6 Å². The Morgan fingerprint density at radius 1 is 1.12 bits per heavy atom. The molecule has 0 aliphatic heterocycles. The van der Waals surface area contributed by atoms with Gasteiger partial charge in [0.2, 0.25) is 0 Å². The van der Waals surface area contributed by atoms with Crippen molar-refractivity contribution in [2.45, 2.75) is 33.6 Å². The first-order chi connectivity index (χ1) is 12.1. The molecule has 0 fully saturated rings. The molecule has 1 amide bonds. The lowest BCUT2D eigenvalue weighted by Crippen LogP contribution is -2.24. The monoisotopic (exact) mass is 338 g/mol.